The van der Waals surface area contributed by atoms with Gasteiger partial charge in [-0.15, -0.1) is 0 Å². The number of ether oxygens (including phenoxy) is 2. The highest BCUT2D eigenvalue weighted by Gasteiger charge is 2.06. The summed E-state index contributed by atoms with van der Waals surface area (Å²) >= 11 is 3.31. The number of halogens is 1. The molecule has 0 amide bonds. The Hall–Kier alpha value is -0.490. The topological polar surface area (TPSA) is 51.6 Å². The summed E-state index contributed by atoms with van der Waals surface area (Å²) in [6, 6.07) is 3.78. The highest BCUT2D eigenvalue weighted by atomic mass is 79.9. The number of hydrogen-bond donors (Lipinski definition) is 1. The van der Waals surface area contributed by atoms with E-state index in [0.29, 0.717) is 26.2 Å². The van der Waals surface area contributed by atoms with E-state index in [1.807, 2.05) is 12.1 Å². The van der Waals surface area contributed by atoms with Gasteiger partial charge in [-0.3, -0.25) is 4.98 Å². The van der Waals surface area contributed by atoms with Crippen molar-refractivity contribution in [2.24, 2.45) is 0 Å². The normalized spacial score (nSPS) is 12.7. The maximum Gasteiger partial charge on any atom is 0.0828 e. The fourth-order valence-electron chi connectivity index (χ4n) is 1.19. The maximum absolute atomic E-state index is 9.65. The van der Waals surface area contributed by atoms with Crippen molar-refractivity contribution in [1.29, 1.82) is 0 Å². The van der Waals surface area contributed by atoms with Crippen LogP contribution < -0.4 is 0 Å². The molecule has 1 aromatic rings. The molecule has 5 heteroatoms. The average Bonchev–Trinajstić information content (AvgIpc) is 2.28. The van der Waals surface area contributed by atoms with E-state index in [4.69, 9.17) is 9.47 Å². The van der Waals surface area contributed by atoms with Crippen LogP contribution in [0.5, 0.6) is 0 Å². The van der Waals surface area contributed by atoms with E-state index in [1.165, 1.54) is 0 Å². The van der Waals surface area contributed by atoms with Crippen molar-refractivity contribution in [3.8, 4) is 0 Å². The van der Waals surface area contributed by atoms with E-state index in [9.17, 15) is 5.11 Å². The monoisotopic (exact) mass is 289 g/mol. The molecule has 0 aliphatic rings. The Morgan fingerprint density at radius 3 is 2.88 bits per heavy atom. The molecular weight excluding hydrogens is 274 g/mol. The number of methoxy groups -OCH3 is 1. The van der Waals surface area contributed by atoms with Crippen molar-refractivity contribution in [2.75, 3.05) is 26.9 Å². The van der Waals surface area contributed by atoms with Gasteiger partial charge < -0.3 is 14.6 Å². The van der Waals surface area contributed by atoms with Crippen molar-refractivity contribution in [3.63, 3.8) is 0 Å². The highest BCUT2D eigenvalue weighted by Crippen LogP contribution is 2.08. The van der Waals surface area contributed by atoms with E-state index >= 15 is 0 Å². The predicted octanol–water partition coefficient (Wildman–Crippen LogP) is 1.41. The minimum absolute atomic E-state index is 0.307. The summed E-state index contributed by atoms with van der Waals surface area (Å²) in [7, 11) is 1.62. The van der Waals surface area contributed by atoms with Crippen LogP contribution in [0.1, 0.15) is 5.69 Å². The molecule has 0 aromatic carbocycles. The van der Waals surface area contributed by atoms with E-state index < -0.39 is 6.10 Å². The molecule has 0 fully saturated rings. The van der Waals surface area contributed by atoms with Crippen LogP contribution in [0.2, 0.25) is 0 Å². The number of nitrogens with zero attached hydrogens (tertiary/aromatic N) is 1. The summed E-state index contributed by atoms with van der Waals surface area (Å²) < 4.78 is 11.0. The molecule has 1 rings (SSSR count). The lowest BCUT2D eigenvalue weighted by Gasteiger charge is -2.10. The smallest absolute Gasteiger partial charge is 0.0828 e. The Balaban J connectivity index is 2.23. The van der Waals surface area contributed by atoms with Crippen LogP contribution in [-0.4, -0.2) is 43.1 Å². The third-order valence-corrected chi connectivity index (χ3v) is 2.44. The van der Waals surface area contributed by atoms with Crippen molar-refractivity contribution in [1.82, 2.24) is 4.98 Å². The molecule has 0 aliphatic carbocycles. The summed E-state index contributed by atoms with van der Waals surface area (Å²) in [6.07, 6.45) is 1.69. The van der Waals surface area contributed by atoms with Crippen LogP contribution >= 0.6 is 15.9 Å². The Morgan fingerprint density at radius 1 is 1.44 bits per heavy atom. The molecule has 4 nitrogen and oxygen atoms in total. The van der Waals surface area contributed by atoms with Gasteiger partial charge in [0.05, 0.1) is 25.9 Å². The van der Waals surface area contributed by atoms with Crippen LogP contribution in [0.15, 0.2) is 22.8 Å². The van der Waals surface area contributed by atoms with Gasteiger partial charge in [0.1, 0.15) is 0 Å². The van der Waals surface area contributed by atoms with Crippen LogP contribution in [0, 0.1) is 0 Å². The van der Waals surface area contributed by atoms with E-state index in [0.717, 1.165) is 10.2 Å². The standard InChI is InChI=1S/C11H16BrNO3/c1-15-4-5-16-8-11(14)6-10-3-2-9(12)7-13-10/h2-3,7,11,14H,4-6,8H2,1H3. The number of pyridine rings is 1. The zero-order valence-corrected chi connectivity index (χ0v) is 10.8. The van der Waals surface area contributed by atoms with Gasteiger partial charge in [-0.1, -0.05) is 0 Å². The van der Waals surface area contributed by atoms with Crippen molar-refractivity contribution < 1.29 is 14.6 Å². The van der Waals surface area contributed by atoms with Crippen LogP contribution in [0.4, 0.5) is 0 Å². The first-order chi connectivity index (χ1) is 7.72. The van der Waals surface area contributed by atoms with Crippen LogP contribution in [0.3, 0.4) is 0 Å². The first kappa shape index (κ1) is 13.6. The summed E-state index contributed by atoms with van der Waals surface area (Å²) in [5.74, 6) is 0. The minimum atomic E-state index is -0.523. The predicted molar refractivity (Wildman–Crippen MR) is 64.3 cm³/mol. The molecule has 0 radical (unpaired) electrons. The molecule has 1 unspecified atom stereocenters. The van der Waals surface area contributed by atoms with Crippen LogP contribution in [0.25, 0.3) is 0 Å². The Bertz CT molecular complexity index is 292. The molecule has 0 saturated carbocycles. The average molecular weight is 290 g/mol. The lowest BCUT2D eigenvalue weighted by atomic mass is 10.2. The van der Waals surface area contributed by atoms with Crippen LogP contribution in [-0.2, 0) is 15.9 Å². The molecule has 0 spiro atoms. The van der Waals surface area contributed by atoms with Gasteiger partial charge in [0.25, 0.3) is 0 Å². The van der Waals surface area contributed by atoms with Crippen molar-refractivity contribution in [3.05, 3.63) is 28.5 Å². The first-order valence-corrected chi connectivity index (χ1v) is 5.87. The van der Waals surface area contributed by atoms with Gasteiger partial charge in [0.2, 0.25) is 0 Å². The number of hydrogen-bond acceptors (Lipinski definition) is 4. The van der Waals surface area contributed by atoms with Gasteiger partial charge in [-0.05, 0) is 28.1 Å². The van der Waals surface area contributed by atoms with Crippen molar-refractivity contribution >= 4 is 15.9 Å². The Kier molecular flexibility index (Phi) is 6.56. The quantitative estimate of drug-likeness (QED) is 0.771. The molecule has 90 valence electrons. The minimum Gasteiger partial charge on any atom is -0.390 e. The van der Waals surface area contributed by atoms with Gasteiger partial charge in [-0.2, -0.15) is 0 Å². The molecular formula is C11H16BrNO3. The van der Waals surface area contributed by atoms with Crippen molar-refractivity contribution in [2.45, 2.75) is 12.5 Å². The number of aromatic nitrogens is 1. The van der Waals surface area contributed by atoms with Gasteiger partial charge >= 0.3 is 0 Å². The largest absolute Gasteiger partial charge is 0.390 e. The van der Waals surface area contributed by atoms with Gasteiger partial charge in [0, 0.05) is 29.9 Å². The number of rotatable bonds is 7. The SMILES string of the molecule is COCCOCC(O)Cc1ccc(Br)cn1. The molecule has 16 heavy (non-hydrogen) atoms. The maximum atomic E-state index is 9.65. The summed E-state index contributed by atoms with van der Waals surface area (Å²) in [5, 5.41) is 9.65. The Labute approximate surface area is 104 Å². The molecule has 0 saturated heterocycles. The third-order valence-electron chi connectivity index (χ3n) is 1.98. The zero-order chi connectivity index (χ0) is 11.8. The zero-order valence-electron chi connectivity index (χ0n) is 9.23. The summed E-state index contributed by atoms with van der Waals surface area (Å²) in [4.78, 5) is 4.18. The fraction of sp³-hybridized carbons (Fsp3) is 0.545. The molecule has 1 atom stereocenters. The number of aliphatic hydroxyl groups is 1. The third kappa shape index (κ3) is 5.55. The molecule has 1 aromatic heterocycles. The molecule has 0 bridgehead atoms. The molecule has 1 N–H and O–H groups in total. The second-order valence-electron chi connectivity index (χ2n) is 3.39. The summed E-state index contributed by atoms with van der Waals surface area (Å²) in [6.45, 7) is 1.35. The van der Waals surface area contributed by atoms with Gasteiger partial charge in [-0.25, -0.2) is 0 Å². The van der Waals surface area contributed by atoms with E-state index in [-0.39, 0.29) is 0 Å². The second kappa shape index (κ2) is 7.73. The van der Waals surface area contributed by atoms with E-state index in [1.54, 1.807) is 13.3 Å². The molecule has 1 heterocycles. The summed E-state index contributed by atoms with van der Waals surface area (Å²) in [5.41, 5.74) is 0.853. The fourth-order valence-corrected chi connectivity index (χ4v) is 1.42. The number of aliphatic hydroxyl groups excluding tert-OH is 1. The highest BCUT2D eigenvalue weighted by molar-refractivity contribution is 9.10. The first-order valence-electron chi connectivity index (χ1n) is 5.07. The lowest BCUT2D eigenvalue weighted by molar-refractivity contribution is 0.0134. The molecule has 0 aliphatic heterocycles. The second-order valence-corrected chi connectivity index (χ2v) is 4.31. The van der Waals surface area contributed by atoms with Gasteiger partial charge in [0.15, 0.2) is 0 Å². The Morgan fingerprint density at radius 2 is 2.25 bits per heavy atom. The lowest BCUT2D eigenvalue weighted by Crippen LogP contribution is -2.20. The van der Waals surface area contributed by atoms with E-state index in [2.05, 4.69) is 20.9 Å².